The van der Waals surface area contributed by atoms with Crippen LogP contribution in [0.4, 0.5) is 0 Å². The fourth-order valence-corrected chi connectivity index (χ4v) is 1.24. The topological polar surface area (TPSA) is 78.9 Å². The minimum atomic E-state index is -0.767. The Labute approximate surface area is 115 Å². The van der Waals surface area contributed by atoms with Gasteiger partial charge in [-0.3, -0.25) is 4.79 Å². The summed E-state index contributed by atoms with van der Waals surface area (Å²) in [4.78, 5) is 33.2. The molecule has 106 valence electrons. The van der Waals surface area contributed by atoms with Gasteiger partial charge < -0.3 is 14.2 Å². The summed E-state index contributed by atoms with van der Waals surface area (Å²) in [6, 6.07) is 4.31. The molecule has 1 rings (SSSR count). The van der Waals surface area contributed by atoms with E-state index in [2.05, 4.69) is 11.3 Å². The molecule has 1 aromatic rings. The van der Waals surface area contributed by atoms with Crippen molar-refractivity contribution < 1.29 is 28.6 Å². The van der Waals surface area contributed by atoms with Gasteiger partial charge in [-0.05, 0) is 25.1 Å². The Morgan fingerprint density at radius 1 is 1.30 bits per heavy atom. The van der Waals surface area contributed by atoms with E-state index in [1.54, 1.807) is 0 Å². The maximum Gasteiger partial charge on any atom is 0.349 e. The lowest BCUT2D eigenvalue weighted by atomic mass is 10.2. The lowest BCUT2D eigenvalue weighted by Gasteiger charge is -2.09. The Balaban J connectivity index is 2.68. The minimum Gasteiger partial charge on any atom is -0.493 e. The van der Waals surface area contributed by atoms with Crippen molar-refractivity contribution in [3.63, 3.8) is 0 Å². The summed E-state index contributed by atoms with van der Waals surface area (Å²) in [6.07, 6.45) is 0.642. The van der Waals surface area contributed by atoms with Crippen LogP contribution in [0.5, 0.6) is 11.5 Å². The third-order valence-corrected chi connectivity index (χ3v) is 2.22. The van der Waals surface area contributed by atoms with E-state index in [0.717, 1.165) is 0 Å². The number of rotatable bonds is 6. The third kappa shape index (κ3) is 4.24. The van der Waals surface area contributed by atoms with Gasteiger partial charge in [0.05, 0.1) is 7.11 Å². The second kappa shape index (κ2) is 7.08. The SMILES string of the molecule is C=C(C)C(=O)OCC(=O)Oc1ccc(C=O)cc1OC. The number of esters is 2. The molecule has 0 atom stereocenters. The zero-order chi connectivity index (χ0) is 15.1. The van der Waals surface area contributed by atoms with Gasteiger partial charge in [-0.1, -0.05) is 6.58 Å². The monoisotopic (exact) mass is 278 g/mol. The molecule has 0 spiro atoms. The summed E-state index contributed by atoms with van der Waals surface area (Å²) in [5.41, 5.74) is 0.570. The highest BCUT2D eigenvalue weighted by Crippen LogP contribution is 2.27. The molecule has 0 aliphatic heterocycles. The van der Waals surface area contributed by atoms with E-state index < -0.39 is 18.5 Å². The van der Waals surface area contributed by atoms with Crippen LogP contribution in [0.1, 0.15) is 17.3 Å². The smallest absolute Gasteiger partial charge is 0.349 e. The highest BCUT2D eigenvalue weighted by Gasteiger charge is 2.13. The molecule has 0 N–H and O–H groups in total. The summed E-state index contributed by atoms with van der Waals surface area (Å²) in [7, 11) is 1.38. The Kier molecular flexibility index (Phi) is 5.46. The van der Waals surface area contributed by atoms with Gasteiger partial charge in [-0.2, -0.15) is 0 Å². The van der Waals surface area contributed by atoms with Crippen LogP contribution in [0.2, 0.25) is 0 Å². The summed E-state index contributed by atoms with van der Waals surface area (Å²) in [5, 5.41) is 0. The second-order valence-electron chi connectivity index (χ2n) is 3.86. The number of aldehydes is 1. The van der Waals surface area contributed by atoms with Gasteiger partial charge in [-0.15, -0.1) is 0 Å². The number of carbonyl (C=O) groups is 3. The van der Waals surface area contributed by atoms with Gasteiger partial charge in [0, 0.05) is 11.1 Å². The Bertz CT molecular complexity index is 547. The van der Waals surface area contributed by atoms with Gasteiger partial charge >= 0.3 is 11.9 Å². The largest absolute Gasteiger partial charge is 0.493 e. The molecule has 6 heteroatoms. The van der Waals surface area contributed by atoms with Crippen molar-refractivity contribution in [2.75, 3.05) is 13.7 Å². The van der Waals surface area contributed by atoms with E-state index in [-0.39, 0.29) is 17.1 Å². The van der Waals surface area contributed by atoms with E-state index in [4.69, 9.17) is 9.47 Å². The van der Waals surface area contributed by atoms with Gasteiger partial charge in [0.15, 0.2) is 18.1 Å². The molecule has 0 heterocycles. The van der Waals surface area contributed by atoms with E-state index >= 15 is 0 Å². The van der Waals surface area contributed by atoms with Crippen molar-refractivity contribution in [3.8, 4) is 11.5 Å². The molecule has 0 bridgehead atoms. The van der Waals surface area contributed by atoms with Crippen LogP contribution in [0.15, 0.2) is 30.4 Å². The predicted octanol–water partition coefficient (Wildman–Crippen LogP) is 1.53. The van der Waals surface area contributed by atoms with Crippen LogP contribution in [0.3, 0.4) is 0 Å². The zero-order valence-corrected chi connectivity index (χ0v) is 11.2. The first-order valence-electron chi connectivity index (χ1n) is 5.64. The molecule has 0 aliphatic rings. The first kappa shape index (κ1) is 15.4. The Morgan fingerprint density at radius 3 is 2.55 bits per heavy atom. The van der Waals surface area contributed by atoms with E-state index in [1.165, 1.54) is 32.2 Å². The summed E-state index contributed by atoms with van der Waals surface area (Å²) in [5.74, 6) is -1.08. The van der Waals surface area contributed by atoms with Crippen molar-refractivity contribution >= 4 is 18.2 Å². The van der Waals surface area contributed by atoms with Crippen molar-refractivity contribution in [2.45, 2.75) is 6.92 Å². The quantitative estimate of drug-likeness (QED) is 0.340. The van der Waals surface area contributed by atoms with Crippen molar-refractivity contribution in [1.82, 2.24) is 0 Å². The minimum absolute atomic E-state index is 0.134. The first-order valence-corrected chi connectivity index (χ1v) is 5.64. The average Bonchev–Trinajstić information content (AvgIpc) is 2.44. The van der Waals surface area contributed by atoms with E-state index in [1.807, 2.05) is 0 Å². The molecule has 6 nitrogen and oxygen atoms in total. The predicted molar refractivity (Wildman–Crippen MR) is 69.8 cm³/mol. The van der Waals surface area contributed by atoms with Crippen molar-refractivity contribution in [1.29, 1.82) is 0 Å². The number of ether oxygens (including phenoxy) is 3. The molecule has 0 amide bonds. The Morgan fingerprint density at radius 2 is 2.00 bits per heavy atom. The number of carbonyl (C=O) groups excluding carboxylic acids is 3. The molecule has 20 heavy (non-hydrogen) atoms. The summed E-state index contributed by atoms with van der Waals surface area (Å²) < 4.78 is 14.6. The van der Waals surface area contributed by atoms with Gasteiger partial charge in [0.1, 0.15) is 6.29 Å². The molecule has 0 saturated heterocycles. The molecule has 1 aromatic carbocycles. The average molecular weight is 278 g/mol. The molecular weight excluding hydrogens is 264 g/mol. The van der Waals surface area contributed by atoms with Crippen LogP contribution in [0.25, 0.3) is 0 Å². The summed E-state index contributed by atoms with van der Waals surface area (Å²) >= 11 is 0. The second-order valence-corrected chi connectivity index (χ2v) is 3.86. The van der Waals surface area contributed by atoms with Crippen LogP contribution in [-0.2, 0) is 14.3 Å². The molecule has 0 saturated carbocycles. The normalized spacial score (nSPS) is 9.50. The molecule has 0 fully saturated rings. The highest BCUT2D eigenvalue weighted by atomic mass is 16.6. The zero-order valence-electron chi connectivity index (χ0n) is 11.2. The fraction of sp³-hybridized carbons (Fsp3) is 0.214. The highest BCUT2D eigenvalue weighted by molar-refractivity contribution is 5.88. The number of hydrogen-bond donors (Lipinski definition) is 0. The van der Waals surface area contributed by atoms with Gasteiger partial charge in [0.25, 0.3) is 0 Å². The molecular formula is C14H14O6. The van der Waals surface area contributed by atoms with Crippen LogP contribution in [0, 0.1) is 0 Å². The van der Waals surface area contributed by atoms with Crippen LogP contribution in [-0.4, -0.2) is 31.9 Å². The van der Waals surface area contributed by atoms with Crippen molar-refractivity contribution in [3.05, 3.63) is 35.9 Å². The van der Waals surface area contributed by atoms with Crippen LogP contribution < -0.4 is 9.47 Å². The molecule has 0 aromatic heterocycles. The third-order valence-electron chi connectivity index (χ3n) is 2.22. The lowest BCUT2D eigenvalue weighted by molar-refractivity contribution is -0.150. The summed E-state index contributed by atoms with van der Waals surface area (Å²) in [6.45, 7) is 4.31. The first-order chi connectivity index (χ1) is 9.47. The van der Waals surface area contributed by atoms with Crippen LogP contribution >= 0.6 is 0 Å². The number of hydrogen-bond acceptors (Lipinski definition) is 6. The number of benzene rings is 1. The fourth-order valence-electron chi connectivity index (χ4n) is 1.24. The molecule has 0 radical (unpaired) electrons. The maximum absolute atomic E-state index is 11.5. The standard InChI is InChI=1S/C14H14O6/c1-9(2)14(17)19-8-13(16)20-11-5-4-10(7-15)6-12(11)18-3/h4-7H,1,8H2,2-3H3. The van der Waals surface area contributed by atoms with Gasteiger partial charge in [-0.25, -0.2) is 9.59 Å². The van der Waals surface area contributed by atoms with E-state index in [9.17, 15) is 14.4 Å². The lowest BCUT2D eigenvalue weighted by Crippen LogP contribution is -2.19. The molecule has 0 unspecified atom stereocenters. The maximum atomic E-state index is 11.5. The van der Waals surface area contributed by atoms with Gasteiger partial charge in [0.2, 0.25) is 0 Å². The molecule has 0 aliphatic carbocycles. The Hall–Kier alpha value is -2.63. The van der Waals surface area contributed by atoms with E-state index in [0.29, 0.717) is 11.8 Å². The number of methoxy groups -OCH3 is 1. The van der Waals surface area contributed by atoms with Crippen molar-refractivity contribution in [2.24, 2.45) is 0 Å².